The fourth-order valence-corrected chi connectivity index (χ4v) is 4.32. The van der Waals surface area contributed by atoms with Crippen molar-refractivity contribution in [2.75, 3.05) is 0 Å². The van der Waals surface area contributed by atoms with Gasteiger partial charge < -0.3 is 14.6 Å². The van der Waals surface area contributed by atoms with Crippen LogP contribution in [-0.4, -0.2) is 41.1 Å². The van der Waals surface area contributed by atoms with Crippen molar-refractivity contribution in [1.82, 2.24) is 0 Å². The second-order valence-electron chi connectivity index (χ2n) is 6.82. The Bertz CT molecular complexity index is 617. The highest BCUT2D eigenvalue weighted by Crippen LogP contribution is 2.52. The van der Waals surface area contributed by atoms with Crippen LogP contribution in [0, 0.1) is 17.8 Å². The first-order chi connectivity index (χ1) is 10.8. The Hall–Kier alpha value is -1.95. The minimum absolute atomic E-state index is 0.171. The number of hydrogen-bond acceptors (Lipinski definition) is 6. The molecule has 124 valence electrons. The number of aliphatic hydroxyl groups is 1. The molecule has 1 heterocycles. The van der Waals surface area contributed by atoms with Gasteiger partial charge in [0, 0.05) is 30.8 Å². The van der Waals surface area contributed by atoms with Crippen molar-refractivity contribution in [3.8, 4) is 0 Å². The fraction of sp³-hybridized carbons (Fsp3) is 0.588. The van der Waals surface area contributed by atoms with Crippen molar-refractivity contribution in [2.45, 2.75) is 44.5 Å². The predicted molar refractivity (Wildman–Crippen MR) is 79.0 cm³/mol. The summed E-state index contributed by atoms with van der Waals surface area (Å²) in [6.07, 6.45) is 1.88. The zero-order valence-electron chi connectivity index (χ0n) is 13.2. The van der Waals surface area contributed by atoms with Gasteiger partial charge in [-0.2, -0.15) is 0 Å². The third-order valence-corrected chi connectivity index (χ3v) is 5.31. The molecule has 6 nitrogen and oxygen atoms in total. The fourth-order valence-electron chi connectivity index (χ4n) is 4.32. The molecule has 6 heteroatoms. The van der Waals surface area contributed by atoms with Gasteiger partial charge in [-0.3, -0.25) is 9.59 Å². The van der Waals surface area contributed by atoms with E-state index < -0.39 is 41.6 Å². The average molecular weight is 320 g/mol. The standard InChI is InChI=1S/C17H20O6/c1-8-13-12(22-9(2)19)6-17(3,21)11-5-4-10(7-18)14(11)15(13)23-16(8)20/h4,7,11-15,21H,1,5-6H2,2-3H3/t11?,12-,13+,14?,15-,17+/m0/s1. The summed E-state index contributed by atoms with van der Waals surface area (Å²) in [4.78, 5) is 34.8. The molecule has 3 aliphatic rings. The summed E-state index contributed by atoms with van der Waals surface area (Å²) in [5, 5.41) is 10.9. The third kappa shape index (κ3) is 2.41. The van der Waals surface area contributed by atoms with Crippen LogP contribution in [0.1, 0.15) is 26.7 Å². The van der Waals surface area contributed by atoms with Crippen LogP contribution in [0.4, 0.5) is 0 Å². The molecule has 0 aromatic heterocycles. The lowest BCUT2D eigenvalue weighted by Crippen LogP contribution is -2.40. The molecule has 1 N–H and O–H groups in total. The molecule has 0 aromatic rings. The molecular weight excluding hydrogens is 300 g/mol. The quantitative estimate of drug-likeness (QED) is 0.462. The molecule has 0 aromatic carbocycles. The van der Waals surface area contributed by atoms with Gasteiger partial charge in [0.25, 0.3) is 0 Å². The van der Waals surface area contributed by atoms with E-state index in [0.717, 1.165) is 6.29 Å². The minimum atomic E-state index is -1.15. The molecule has 1 aliphatic heterocycles. The molecule has 2 fully saturated rings. The average Bonchev–Trinajstić information content (AvgIpc) is 2.97. The van der Waals surface area contributed by atoms with Crippen molar-refractivity contribution in [1.29, 1.82) is 0 Å². The number of carbonyl (C=O) groups excluding carboxylic acids is 3. The topological polar surface area (TPSA) is 89.9 Å². The van der Waals surface area contributed by atoms with Gasteiger partial charge in [-0.15, -0.1) is 0 Å². The highest BCUT2D eigenvalue weighted by atomic mass is 16.6. The normalized spacial score (nSPS) is 42.2. The second kappa shape index (κ2) is 5.30. The summed E-state index contributed by atoms with van der Waals surface area (Å²) < 4.78 is 10.8. The van der Waals surface area contributed by atoms with E-state index in [-0.39, 0.29) is 17.9 Å². The Morgan fingerprint density at radius 2 is 2.22 bits per heavy atom. The summed E-state index contributed by atoms with van der Waals surface area (Å²) in [6.45, 7) is 6.74. The van der Waals surface area contributed by atoms with E-state index in [1.807, 2.05) is 0 Å². The molecule has 2 unspecified atom stereocenters. The molecule has 6 atom stereocenters. The van der Waals surface area contributed by atoms with Crippen LogP contribution >= 0.6 is 0 Å². The summed E-state index contributed by atoms with van der Waals surface area (Å²) in [7, 11) is 0. The number of esters is 2. The van der Waals surface area contributed by atoms with E-state index >= 15 is 0 Å². The van der Waals surface area contributed by atoms with Gasteiger partial charge in [0.2, 0.25) is 0 Å². The van der Waals surface area contributed by atoms with Crippen LogP contribution in [0.2, 0.25) is 0 Å². The van der Waals surface area contributed by atoms with E-state index in [1.54, 1.807) is 13.0 Å². The van der Waals surface area contributed by atoms with Crippen LogP contribution in [0.15, 0.2) is 23.8 Å². The highest BCUT2D eigenvalue weighted by molar-refractivity contribution is 5.91. The van der Waals surface area contributed by atoms with E-state index in [1.165, 1.54) is 6.92 Å². The molecule has 1 saturated carbocycles. The lowest BCUT2D eigenvalue weighted by atomic mass is 9.76. The lowest BCUT2D eigenvalue weighted by Gasteiger charge is -2.34. The summed E-state index contributed by atoms with van der Waals surface area (Å²) in [6, 6.07) is 0. The summed E-state index contributed by atoms with van der Waals surface area (Å²) in [5.74, 6) is -2.25. The molecule has 23 heavy (non-hydrogen) atoms. The number of carbonyl (C=O) groups is 3. The van der Waals surface area contributed by atoms with Gasteiger partial charge in [-0.25, -0.2) is 4.79 Å². The number of fused-ring (bicyclic) bond motifs is 3. The maximum Gasteiger partial charge on any atom is 0.334 e. The van der Waals surface area contributed by atoms with Crippen LogP contribution in [0.5, 0.6) is 0 Å². The molecule has 1 saturated heterocycles. The number of rotatable bonds is 2. The molecule has 0 bridgehead atoms. The largest absolute Gasteiger partial charge is 0.462 e. The van der Waals surface area contributed by atoms with Crippen molar-refractivity contribution in [3.63, 3.8) is 0 Å². The van der Waals surface area contributed by atoms with Crippen LogP contribution < -0.4 is 0 Å². The number of hydrogen-bond donors (Lipinski definition) is 1. The van der Waals surface area contributed by atoms with Gasteiger partial charge in [0.1, 0.15) is 18.5 Å². The Morgan fingerprint density at radius 3 is 2.83 bits per heavy atom. The maximum absolute atomic E-state index is 12.0. The second-order valence-corrected chi connectivity index (χ2v) is 6.82. The monoisotopic (exact) mass is 320 g/mol. The van der Waals surface area contributed by atoms with Crippen LogP contribution in [0.3, 0.4) is 0 Å². The molecule has 3 rings (SSSR count). The predicted octanol–water partition coefficient (Wildman–Crippen LogP) is 0.932. The highest BCUT2D eigenvalue weighted by Gasteiger charge is 2.59. The Labute approximate surface area is 134 Å². The van der Waals surface area contributed by atoms with Crippen molar-refractivity contribution < 1.29 is 29.0 Å². The first-order valence-corrected chi connectivity index (χ1v) is 7.71. The van der Waals surface area contributed by atoms with Crippen LogP contribution in [-0.2, 0) is 23.9 Å². The van der Waals surface area contributed by atoms with Gasteiger partial charge >= 0.3 is 11.9 Å². The Balaban J connectivity index is 2.07. The maximum atomic E-state index is 12.0. The molecule has 0 amide bonds. The molecule has 0 radical (unpaired) electrons. The molecular formula is C17H20O6. The lowest BCUT2D eigenvalue weighted by molar-refractivity contribution is -0.152. The third-order valence-electron chi connectivity index (χ3n) is 5.31. The molecule has 2 aliphatic carbocycles. The number of allylic oxidation sites excluding steroid dienone is 1. The van der Waals surface area contributed by atoms with Crippen molar-refractivity contribution in [2.24, 2.45) is 17.8 Å². The summed E-state index contributed by atoms with van der Waals surface area (Å²) >= 11 is 0. The first kappa shape index (κ1) is 15.9. The van der Waals surface area contributed by atoms with E-state index in [0.29, 0.717) is 12.0 Å². The first-order valence-electron chi connectivity index (χ1n) is 7.71. The number of aldehydes is 1. The van der Waals surface area contributed by atoms with Crippen LogP contribution in [0.25, 0.3) is 0 Å². The van der Waals surface area contributed by atoms with Crippen molar-refractivity contribution in [3.05, 3.63) is 23.8 Å². The molecule has 0 spiro atoms. The van der Waals surface area contributed by atoms with E-state index in [9.17, 15) is 19.5 Å². The van der Waals surface area contributed by atoms with Gasteiger partial charge in [-0.05, 0) is 18.9 Å². The van der Waals surface area contributed by atoms with Crippen molar-refractivity contribution >= 4 is 18.2 Å². The van der Waals surface area contributed by atoms with Gasteiger partial charge in [-0.1, -0.05) is 12.7 Å². The smallest absolute Gasteiger partial charge is 0.334 e. The minimum Gasteiger partial charge on any atom is -0.462 e. The SMILES string of the molecule is C=C1C(=O)O[C@@H]2C3C(C=O)=CCC3[C@](C)(O)C[C@H](OC(C)=O)[C@@H]12. The zero-order valence-corrected chi connectivity index (χ0v) is 13.2. The Kier molecular flexibility index (Phi) is 3.67. The van der Waals surface area contributed by atoms with E-state index in [2.05, 4.69) is 6.58 Å². The number of ether oxygens (including phenoxy) is 2. The van der Waals surface area contributed by atoms with Gasteiger partial charge in [0.05, 0.1) is 11.5 Å². The van der Waals surface area contributed by atoms with E-state index in [4.69, 9.17) is 9.47 Å². The Morgan fingerprint density at radius 1 is 1.52 bits per heavy atom. The zero-order chi connectivity index (χ0) is 16.9. The van der Waals surface area contributed by atoms with Gasteiger partial charge in [0.15, 0.2) is 0 Å². The summed E-state index contributed by atoms with van der Waals surface area (Å²) in [5.41, 5.74) is -0.394.